The van der Waals surface area contributed by atoms with Crippen molar-refractivity contribution in [2.24, 2.45) is 0 Å². The van der Waals surface area contributed by atoms with Gasteiger partial charge in [-0.3, -0.25) is 4.79 Å². The van der Waals surface area contributed by atoms with E-state index in [9.17, 15) is 9.59 Å². The number of carbonyl (C=O) groups excluding carboxylic acids is 2. The summed E-state index contributed by atoms with van der Waals surface area (Å²) in [7, 11) is 0. The number of hydrogen-bond acceptors (Lipinski definition) is 4. The molecule has 0 bridgehead atoms. The molecule has 1 aliphatic rings. The van der Waals surface area contributed by atoms with E-state index in [0.29, 0.717) is 23.5 Å². The number of amides is 1. The molecule has 1 aliphatic carbocycles. The Labute approximate surface area is 175 Å². The molecule has 5 nitrogen and oxygen atoms in total. The molecule has 0 radical (unpaired) electrons. The molecule has 0 aromatic heterocycles. The molecule has 1 fully saturated rings. The van der Waals surface area contributed by atoms with Gasteiger partial charge in [-0.15, -0.1) is 0 Å². The van der Waals surface area contributed by atoms with Crippen molar-refractivity contribution in [3.63, 3.8) is 0 Å². The van der Waals surface area contributed by atoms with Crippen LogP contribution < -0.4 is 10.1 Å². The van der Waals surface area contributed by atoms with Gasteiger partial charge in [-0.2, -0.15) is 0 Å². The van der Waals surface area contributed by atoms with Gasteiger partial charge in [-0.05, 0) is 42.7 Å². The number of esters is 1. The van der Waals surface area contributed by atoms with Gasteiger partial charge in [0.25, 0.3) is 5.91 Å². The van der Waals surface area contributed by atoms with Crippen LogP contribution in [0, 0.1) is 0 Å². The molecular weight excluding hydrogens is 378 g/mol. The molecule has 4 rings (SSSR count). The Balaban J connectivity index is 1.41. The molecule has 1 unspecified atom stereocenters. The van der Waals surface area contributed by atoms with Gasteiger partial charge < -0.3 is 14.8 Å². The van der Waals surface area contributed by atoms with Crippen LogP contribution in [0.15, 0.2) is 84.9 Å². The van der Waals surface area contributed by atoms with E-state index in [1.165, 1.54) is 0 Å². The summed E-state index contributed by atoms with van der Waals surface area (Å²) >= 11 is 0. The van der Waals surface area contributed by atoms with Gasteiger partial charge in [0, 0.05) is 11.6 Å². The highest BCUT2D eigenvalue weighted by molar-refractivity contribution is 5.93. The summed E-state index contributed by atoms with van der Waals surface area (Å²) in [4.78, 5) is 25.3. The predicted molar refractivity (Wildman–Crippen MR) is 113 cm³/mol. The van der Waals surface area contributed by atoms with Crippen LogP contribution in [0.1, 0.15) is 40.4 Å². The third-order valence-electron chi connectivity index (χ3n) is 4.83. The van der Waals surface area contributed by atoms with Gasteiger partial charge in [-0.25, -0.2) is 4.79 Å². The van der Waals surface area contributed by atoms with Crippen molar-refractivity contribution in [3.05, 3.63) is 102 Å². The zero-order chi connectivity index (χ0) is 20.8. The first-order valence-electron chi connectivity index (χ1n) is 10.0. The van der Waals surface area contributed by atoms with E-state index in [4.69, 9.17) is 9.47 Å². The summed E-state index contributed by atoms with van der Waals surface area (Å²) in [5.41, 5.74) is 2.07. The zero-order valence-corrected chi connectivity index (χ0v) is 16.5. The normalized spacial score (nSPS) is 13.9. The molecule has 0 spiro atoms. The Kier molecular flexibility index (Phi) is 6.09. The number of rotatable bonds is 8. The maximum atomic E-state index is 12.7. The molecule has 1 N–H and O–H groups in total. The van der Waals surface area contributed by atoms with Crippen LogP contribution in [0.25, 0.3) is 0 Å². The lowest BCUT2D eigenvalue weighted by Crippen LogP contribution is -2.33. The summed E-state index contributed by atoms with van der Waals surface area (Å²) in [6.07, 6.45) is 0.949. The van der Waals surface area contributed by atoms with Crippen molar-refractivity contribution in [1.29, 1.82) is 0 Å². The average Bonchev–Trinajstić information content (AvgIpc) is 3.61. The lowest BCUT2D eigenvalue weighted by Gasteiger charge is -2.18. The number of ether oxygens (including phenoxy) is 2. The van der Waals surface area contributed by atoms with Crippen molar-refractivity contribution in [3.8, 4) is 5.75 Å². The first-order valence-corrected chi connectivity index (χ1v) is 10.0. The van der Waals surface area contributed by atoms with Crippen LogP contribution in [0.3, 0.4) is 0 Å². The summed E-state index contributed by atoms with van der Waals surface area (Å²) in [5.74, 6) is -0.189. The lowest BCUT2D eigenvalue weighted by molar-refractivity contribution is -0.130. The minimum absolute atomic E-state index is 0.184. The molecule has 0 heterocycles. The van der Waals surface area contributed by atoms with Crippen LogP contribution >= 0.6 is 0 Å². The fourth-order valence-corrected chi connectivity index (χ4v) is 3.01. The molecular formula is C25H23NO4. The van der Waals surface area contributed by atoms with Crippen molar-refractivity contribution in [2.45, 2.75) is 31.6 Å². The second-order valence-electron chi connectivity index (χ2n) is 7.28. The Morgan fingerprint density at radius 1 is 0.867 bits per heavy atom. The number of nitrogens with one attached hydrogen (secondary N) is 1. The van der Waals surface area contributed by atoms with Gasteiger partial charge in [0.1, 0.15) is 12.4 Å². The molecule has 152 valence electrons. The van der Waals surface area contributed by atoms with Crippen LogP contribution in [0.4, 0.5) is 0 Å². The third-order valence-corrected chi connectivity index (χ3v) is 4.83. The van der Waals surface area contributed by atoms with E-state index in [1.54, 1.807) is 36.4 Å². The quantitative estimate of drug-likeness (QED) is 0.567. The zero-order valence-electron chi connectivity index (χ0n) is 16.5. The molecule has 0 aliphatic heterocycles. The van der Waals surface area contributed by atoms with Crippen molar-refractivity contribution >= 4 is 11.9 Å². The fraction of sp³-hybridized carbons (Fsp3) is 0.200. The second-order valence-corrected chi connectivity index (χ2v) is 7.28. The van der Waals surface area contributed by atoms with E-state index in [0.717, 1.165) is 18.4 Å². The molecule has 0 saturated heterocycles. The molecule has 5 heteroatoms. The van der Waals surface area contributed by atoms with Crippen molar-refractivity contribution in [1.82, 2.24) is 5.32 Å². The van der Waals surface area contributed by atoms with Crippen LogP contribution in [0.2, 0.25) is 0 Å². The minimum Gasteiger partial charge on any atom is -0.489 e. The molecule has 30 heavy (non-hydrogen) atoms. The second kappa shape index (κ2) is 9.27. The number of hydrogen-bond donors (Lipinski definition) is 1. The smallest absolute Gasteiger partial charge is 0.339 e. The number of benzene rings is 3. The van der Waals surface area contributed by atoms with E-state index in [2.05, 4.69) is 5.32 Å². The highest BCUT2D eigenvalue weighted by atomic mass is 16.5. The largest absolute Gasteiger partial charge is 0.489 e. The molecule has 1 amide bonds. The van der Waals surface area contributed by atoms with Gasteiger partial charge in [-0.1, -0.05) is 60.7 Å². The predicted octanol–water partition coefficient (Wildman–Crippen LogP) is 4.44. The molecule has 1 saturated carbocycles. The summed E-state index contributed by atoms with van der Waals surface area (Å²) in [6, 6.07) is 25.8. The highest BCUT2D eigenvalue weighted by Gasteiger charge is 2.31. The summed E-state index contributed by atoms with van der Waals surface area (Å²) < 4.78 is 11.3. The van der Waals surface area contributed by atoms with Gasteiger partial charge in [0.2, 0.25) is 6.10 Å². The average molecular weight is 401 g/mol. The molecule has 1 atom stereocenters. The van der Waals surface area contributed by atoms with Crippen LogP contribution in [-0.4, -0.2) is 17.9 Å². The van der Waals surface area contributed by atoms with Gasteiger partial charge >= 0.3 is 5.97 Å². The highest BCUT2D eigenvalue weighted by Crippen LogP contribution is 2.24. The Hall–Kier alpha value is -3.60. The van der Waals surface area contributed by atoms with Crippen molar-refractivity contribution in [2.75, 3.05) is 0 Å². The minimum atomic E-state index is -0.978. The topological polar surface area (TPSA) is 64.6 Å². The summed E-state index contributed by atoms with van der Waals surface area (Å²) in [5, 5.41) is 2.91. The third kappa shape index (κ3) is 5.26. The van der Waals surface area contributed by atoms with Gasteiger partial charge in [0.15, 0.2) is 0 Å². The van der Waals surface area contributed by atoms with Crippen LogP contribution in [-0.2, 0) is 16.1 Å². The summed E-state index contributed by atoms with van der Waals surface area (Å²) in [6.45, 7) is 0.446. The van der Waals surface area contributed by atoms with Gasteiger partial charge in [0.05, 0.1) is 5.56 Å². The first kappa shape index (κ1) is 19.7. The van der Waals surface area contributed by atoms with Crippen molar-refractivity contribution < 1.29 is 19.1 Å². The van der Waals surface area contributed by atoms with E-state index < -0.39 is 12.1 Å². The standard InChI is InChI=1S/C25H23NO4/c27-24(26-21-13-14-21)23(19-9-5-2-6-10-19)30-25(28)20-11-15-22(16-12-20)29-17-18-7-3-1-4-8-18/h1-12,15-16,21,23H,13-14,17H2,(H,26,27). The Morgan fingerprint density at radius 3 is 2.13 bits per heavy atom. The maximum absolute atomic E-state index is 12.7. The molecule has 3 aromatic rings. The molecule has 3 aromatic carbocycles. The first-order chi connectivity index (χ1) is 14.7. The number of carbonyl (C=O) groups is 2. The van der Waals surface area contributed by atoms with E-state index in [-0.39, 0.29) is 11.9 Å². The lowest BCUT2D eigenvalue weighted by atomic mass is 10.1. The van der Waals surface area contributed by atoms with Crippen LogP contribution in [0.5, 0.6) is 5.75 Å². The monoisotopic (exact) mass is 401 g/mol. The SMILES string of the molecule is O=C(OC(C(=O)NC1CC1)c1ccccc1)c1ccc(OCc2ccccc2)cc1. The van der Waals surface area contributed by atoms with E-state index >= 15 is 0 Å². The Morgan fingerprint density at radius 2 is 1.50 bits per heavy atom. The Bertz CT molecular complexity index is 983. The van der Waals surface area contributed by atoms with E-state index in [1.807, 2.05) is 48.5 Å². The maximum Gasteiger partial charge on any atom is 0.339 e. The fourth-order valence-electron chi connectivity index (χ4n) is 3.01.